The molecule has 0 aliphatic carbocycles. The van der Waals surface area contributed by atoms with Crippen molar-refractivity contribution in [2.75, 3.05) is 11.9 Å². The van der Waals surface area contributed by atoms with E-state index in [9.17, 15) is 5.11 Å². The second-order valence-electron chi connectivity index (χ2n) is 4.92. The number of para-hydroxylation sites is 1. The average molecular weight is 391 g/mol. The zero-order valence-electron chi connectivity index (χ0n) is 12.3. The van der Waals surface area contributed by atoms with E-state index in [1.165, 1.54) is 0 Å². The lowest BCUT2D eigenvalue weighted by Crippen LogP contribution is -2.34. The molecule has 0 spiro atoms. The standard InChI is InChI=1S/C15H25N3O.HI/c1-3-10-15(19,11-4-2)12-17-14(16)18-13-8-6-5-7-9-13;/h5-9,19H,3-4,10-12H2,1-2H3,(H3,16,17,18);1H. The van der Waals surface area contributed by atoms with Gasteiger partial charge in [0.15, 0.2) is 5.96 Å². The first-order valence-electron chi connectivity index (χ1n) is 6.94. The van der Waals surface area contributed by atoms with Gasteiger partial charge in [-0.05, 0) is 25.0 Å². The minimum Gasteiger partial charge on any atom is -0.388 e. The summed E-state index contributed by atoms with van der Waals surface area (Å²) in [4.78, 5) is 4.26. The molecule has 1 aromatic rings. The topological polar surface area (TPSA) is 70.6 Å². The Balaban J connectivity index is 0.00000361. The summed E-state index contributed by atoms with van der Waals surface area (Å²) in [5.74, 6) is 0.344. The lowest BCUT2D eigenvalue weighted by Gasteiger charge is -2.25. The van der Waals surface area contributed by atoms with Crippen LogP contribution in [0.15, 0.2) is 35.3 Å². The molecule has 0 unspecified atom stereocenters. The quantitative estimate of drug-likeness (QED) is 0.379. The number of nitrogens with two attached hydrogens (primary N) is 1. The van der Waals surface area contributed by atoms with Crippen LogP contribution >= 0.6 is 24.0 Å². The first-order valence-corrected chi connectivity index (χ1v) is 6.94. The highest BCUT2D eigenvalue weighted by molar-refractivity contribution is 14.0. The predicted octanol–water partition coefficient (Wildman–Crippen LogP) is 3.36. The highest BCUT2D eigenvalue weighted by atomic mass is 127. The summed E-state index contributed by atoms with van der Waals surface area (Å²) in [6.07, 6.45) is 3.39. The Morgan fingerprint density at radius 3 is 2.25 bits per heavy atom. The molecule has 20 heavy (non-hydrogen) atoms. The van der Waals surface area contributed by atoms with E-state index in [0.717, 1.165) is 31.4 Å². The van der Waals surface area contributed by atoms with E-state index in [-0.39, 0.29) is 24.0 Å². The molecule has 0 aliphatic heterocycles. The summed E-state index contributed by atoms with van der Waals surface area (Å²) in [6.45, 7) is 4.48. The molecular formula is C15H26IN3O. The smallest absolute Gasteiger partial charge is 0.193 e. The van der Waals surface area contributed by atoms with Gasteiger partial charge < -0.3 is 16.2 Å². The first-order chi connectivity index (χ1) is 9.09. The maximum absolute atomic E-state index is 10.4. The fourth-order valence-electron chi connectivity index (χ4n) is 2.16. The number of hydrogen-bond donors (Lipinski definition) is 3. The van der Waals surface area contributed by atoms with Crippen LogP contribution in [0.5, 0.6) is 0 Å². The van der Waals surface area contributed by atoms with Crippen molar-refractivity contribution in [2.45, 2.75) is 45.1 Å². The zero-order valence-corrected chi connectivity index (χ0v) is 14.6. The van der Waals surface area contributed by atoms with Crippen LogP contribution in [0.4, 0.5) is 5.69 Å². The minimum atomic E-state index is -0.730. The van der Waals surface area contributed by atoms with Crippen LogP contribution < -0.4 is 11.1 Å². The third kappa shape index (κ3) is 7.09. The van der Waals surface area contributed by atoms with E-state index in [0.29, 0.717) is 12.5 Å². The molecule has 1 aromatic carbocycles. The van der Waals surface area contributed by atoms with Gasteiger partial charge in [-0.2, -0.15) is 0 Å². The lowest BCUT2D eigenvalue weighted by atomic mass is 9.93. The summed E-state index contributed by atoms with van der Waals surface area (Å²) in [6, 6.07) is 9.65. The second-order valence-corrected chi connectivity index (χ2v) is 4.92. The van der Waals surface area contributed by atoms with Crippen molar-refractivity contribution in [3.8, 4) is 0 Å². The van der Waals surface area contributed by atoms with Crippen molar-refractivity contribution < 1.29 is 5.11 Å². The highest BCUT2D eigenvalue weighted by Gasteiger charge is 2.24. The van der Waals surface area contributed by atoms with Gasteiger partial charge in [0.05, 0.1) is 12.1 Å². The van der Waals surface area contributed by atoms with E-state index in [1.807, 2.05) is 30.3 Å². The Hall–Kier alpha value is -0.820. The maximum atomic E-state index is 10.4. The van der Waals surface area contributed by atoms with Gasteiger partial charge in [0.25, 0.3) is 0 Å². The van der Waals surface area contributed by atoms with E-state index in [2.05, 4.69) is 24.2 Å². The third-order valence-electron chi connectivity index (χ3n) is 3.02. The van der Waals surface area contributed by atoms with Gasteiger partial charge in [0.1, 0.15) is 0 Å². The number of guanidine groups is 1. The highest BCUT2D eigenvalue weighted by Crippen LogP contribution is 2.19. The van der Waals surface area contributed by atoms with Crippen molar-refractivity contribution in [1.82, 2.24) is 0 Å². The molecule has 0 aromatic heterocycles. The van der Waals surface area contributed by atoms with Crippen molar-refractivity contribution in [3.05, 3.63) is 30.3 Å². The number of anilines is 1. The SMILES string of the molecule is CCCC(O)(CCC)CN=C(N)Nc1ccccc1.I. The number of benzene rings is 1. The van der Waals surface area contributed by atoms with Crippen LogP contribution in [0, 0.1) is 0 Å². The Bertz CT molecular complexity index is 389. The fourth-order valence-corrected chi connectivity index (χ4v) is 2.16. The number of aliphatic imine (C=N–C) groups is 1. The van der Waals surface area contributed by atoms with E-state index in [1.54, 1.807) is 0 Å². The monoisotopic (exact) mass is 391 g/mol. The lowest BCUT2D eigenvalue weighted by molar-refractivity contribution is 0.0307. The van der Waals surface area contributed by atoms with Gasteiger partial charge in [-0.25, -0.2) is 0 Å². The fraction of sp³-hybridized carbons (Fsp3) is 0.533. The normalized spacial score (nSPS) is 11.8. The van der Waals surface area contributed by atoms with Gasteiger partial charge in [-0.3, -0.25) is 4.99 Å². The van der Waals surface area contributed by atoms with E-state index in [4.69, 9.17) is 5.73 Å². The van der Waals surface area contributed by atoms with Crippen LogP contribution in [0.2, 0.25) is 0 Å². The van der Waals surface area contributed by atoms with E-state index < -0.39 is 5.60 Å². The number of rotatable bonds is 7. The predicted molar refractivity (Wildman–Crippen MR) is 96.7 cm³/mol. The third-order valence-corrected chi connectivity index (χ3v) is 3.02. The molecule has 0 amide bonds. The summed E-state index contributed by atoms with van der Waals surface area (Å²) in [5.41, 5.74) is 6.00. The molecule has 0 aliphatic rings. The summed E-state index contributed by atoms with van der Waals surface area (Å²) in [5, 5.41) is 13.5. The molecule has 5 heteroatoms. The minimum absolute atomic E-state index is 0. The molecule has 1 rings (SSSR count). The van der Waals surface area contributed by atoms with Crippen LogP contribution in [-0.4, -0.2) is 23.2 Å². The Morgan fingerprint density at radius 2 is 1.75 bits per heavy atom. The molecule has 4 nitrogen and oxygen atoms in total. The van der Waals surface area contributed by atoms with Gasteiger partial charge in [-0.15, -0.1) is 24.0 Å². The molecule has 0 heterocycles. The average Bonchev–Trinajstić information content (AvgIpc) is 2.38. The maximum Gasteiger partial charge on any atom is 0.193 e. The number of hydrogen-bond acceptors (Lipinski definition) is 2. The Labute approximate surface area is 138 Å². The van der Waals surface area contributed by atoms with Gasteiger partial charge >= 0.3 is 0 Å². The number of halogens is 1. The van der Waals surface area contributed by atoms with E-state index >= 15 is 0 Å². The summed E-state index contributed by atoms with van der Waals surface area (Å²) in [7, 11) is 0. The van der Waals surface area contributed by atoms with Crippen LogP contribution in [-0.2, 0) is 0 Å². The largest absolute Gasteiger partial charge is 0.388 e. The van der Waals surface area contributed by atoms with Gasteiger partial charge in [-0.1, -0.05) is 44.9 Å². The van der Waals surface area contributed by atoms with Crippen LogP contribution in [0.1, 0.15) is 39.5 Å². The molecule has 0 atom stereocenters. The molecule has 0 fully saturated rings. The second kappa shape index (κ2) is 9.99. The van der Waals surface area contributed by atoms with Crippen molar-refractivity contribution in [1.29, 1.82) is 0 Å². The first kappa shape index (κ1) is 19.2. The molecule has 0 saturated heterocycles. The zero-order chi connectivity index (χ0) is 14.1. The van der Waals surface area contributed by atoms with Crippen molar-refractivity contribution in [2.24, 2.45) is 10.7 Å². The van der Waals surface area contributed by atoms with Crippen molar-refractivity contribution in [3.63, 3.8) is 0 Å². The molecule has 0 radical (unpaired) electrons. The summed E-state index contributed by atoms with van der Waals surface area (Å²) >= 11 is 0. The number of nitrogens with one attached hydrogen (secondary N) is 1. The van der Waals surface area contributed by atoms with Gasteiger partial charge in [0, 0.05) is 5.69 Å². The molecule has 4 N–H and O–H groups in total. The van der Waals surface area contributed by atoms with Crippen molar-refractivity contribution >= 4 is 35.6 Å². The van der Waals surface area contributed by atoms with Crippen LogP contribution in [0.25, 0.3) is 0 Å². The van der Waals surface area contributed by atoms with Gasteiger partial charge in [0.2, 0.25) is 0 Å². The Morgan fingerprint density at radius 1 is 1.20 bits per heavy atom. The van der Waals surface area contributed by atoms with Crippen LogP contribution in [0.3, 0.4) is 0 Å². The number of nitrogens with zero attached hydrogens (tertiary/aromatic N) is 1. The molecule has 0 saturated carbocycles. The molecule has 114 valence electrons. The summed E-state index contributed by atoms with van der Waals surface area (Å²) < 4.78 is 0. The Kier molecular flexibility index (Phi) is 9.58. The number of aliphatic hydroxyl groups is 1. The molecular weight excluding hydrogens is 365 g/mol. The molecule has 0 bridgehead atoms.